The first-order valence-corrected chi connectivity index (χ1v) is 25.1. The maximum atomic E-state index is 7.24. The molecule has 346 valence electrons. The number of anilines is 6. The van der Waals surface area contributed by atoms with Crippen molar-refractivity contribution in [2.75, 3.05) is 9.80 Å². The van der Waals surface area contributed by atoms with Crippen molar-refractivity contribution in [3.05, 3.63) is 192 Å². The highest BCUT2D eigenvalue weighted by Crippen LogP contribution is 2.54. The van der Waals surface area contributed by atoms with E-state index in [9.17, 15) is 0 Å². The maximum absolute atomic E-state index is 7.24. The van der Waals surface area contributed by atoms with E-state index in [1.807, 2.05) is 0 Å². The lowest BCUT2D eigenvalue weighted by molar-refractivity contribution is 0.572. The molecule has 2 heterocycles. The molecule has 0 saturated carbocycles. The van der Waals surface area contributed by atoms with Crippen molar-refractivity contribution < 1.29 is 8.83 Å². The van der Waals surface area contributed by atoms with Crippen LogP contribution in [0.2, 0.25) is 0 Å². The maximum Gasteiger partial charge on any atom is 0.159 e. The van der Waals surface area contributed by atoms with E-state index in [2.05, 4.69) is 249 Å². The summed E-state index contributed by atoms with van der Waals surface area (Å²) in [6.45, 7) is 22.9. The van der Waals surface area contributed by atoms with Crippen LogP contribution in [0.4, 0.5) is 34.1 Å². The van der Waals surface area contributed by atoms with Crippen molar-refractivity contribution in [2.45, 2.75) is 91.9 Å². The Hall–Kier alpha value is -7.56. The fourth-order valence-electron chi connectivity index (χ4n) is 11.5. The smallest absolute Gasteiger partial charge is 0.159 e. The van der Waals surface area contributed by atoms with E-state index in [1.165, 1.54) is 54.6 Å². The third kappa shape index (κ3) is 6.71. The van der Waals surface area contributed by atoms with Crippen LogP contribution in [0.15, 0.2) is 179 Å². The van der Waals surface area contributed by atoms with Crippen LogP contribution in [0.3, 0.4) is 0 Å². The fraction of sp³-hybridized carbons (Fsp3) is 0.212. The topological polar surface area (TPSA) is 32.8 Å². The van der Waals surface area contributed by atoms with E-state index >= 15 is 0 Å². The van der Waals surface area contributed by atoms with Gasteiger partial charge in [-0.05, 0) is 92.4 Å². The predicted molar refractivity (Wildman–Crippen MR) is 300 cm³/mol. The van der Waals surface area contributed by atoms with E-state index in [0.717, 1.165) is 78.0 Å². The van der Waals surface area contributed by atoms with E-state index < -0.39 is 0 Å². The molecule has 4 heteroatoms. The van der Waals surface area contributed by atoms with E-state index in [0.29, 0.717) is 11.8 Å². The van der Waals surface area contributed by atoms with Crippen molar-refractivity contribution in [2.24, 2.45) is 0 Å². The summed E-state index contributed by atoms with van der Waals surface area (Å²) in [4.78, 5) is 4.90. The summed E-state index contributed by atoms with van der Waals surface area (Å²) in [5, 5.41) is 11.9. The largest absolute Gasteiger partial charge is 0.454 e. The number of para-hydroxylation sites is 6. The van der Waals surface area contributed by atoms with Crippen LogP contribution in [0.5, 0.6) is 0 Å². The minimum atomic E-state index is -0.116. The summed E-state index contributed by atoms with van der Waals surface area (Å²) in [6, 6.07) is 62.6. The molecule has 0 amide bonds. The van der Waals surface area contributed by atoms with Gasteiger partial charge in [-0.3, -0.25) is 0 Å². The van der Waals surface area contributed by atoms with Crippen LogP contribution in [0.1, 0.15) is 103 Å². The van der Waals surface area contributed by atoms with E-state index in [-0.39, 0.29) is 10.8 Å². The number of benzene rings is 10. The Morgan fingerprint density at radius 2 is 0.686 bits per heavy atom. The van der Waals surface area contributed by atoms with Crippen molar-refractivity contribution >= 4 is 110 Å². The van der Waals surface area contributed by atoms with Gasteiger partial charge in [0.25, 0.3) is 0 Å². The number of nitrogens with zero attached hydrogens (tertiary/aromatic N) is 2. The lowest BCUT2D eigenvalue weighted by Gasteiger charge is -2.32. The Kier molecular flexibility index (Phi) is 9.99. The average molecular weight is 913 g/mol. The first kappa shape index (κ1) is 43.7. The summed E-state index contributed by atoms with van der Waals surface area (Å²) in [7, 11) is 0. The fourth-order valence-corrected chi connectivity index (χ4v) is 11.5. The molecule has 0 aliphatic heterocycles. The summed E-state index contributed by atoms with van der Waals surface area (Å²) >= 11 is 0. The molecule has 0 spiro atoms. The van der Waals surface area contributed by atoms with Crippen LogP contribution in [0, 0.1) is 0 Å². The molecule has 0 saturated heterocycles. The second-order valence-electron chi connectivity index (χ2n) is 22.1. The summed E-state index contributed by atoms with van der Waals surface area (Å²) in [5.41, 5.74) is 14.6. The zero-order valence-corrected chi connectivity index (χ0v) is 42.0. The monoisotopic (exact) mass is 912 g/mol. The molecule has 12 aromatic rings. The molecule has 70 heavy (non-hydrogen) atoms. The molecule has 0 aliphatic rings. The summed E-state index contributed by atoms with van der Waals surface area (Å²) < 4.78 is 14.5. The third-order valence-corrected chi connectivity index (χ3v) is 14.8. The Bertz CT molecular complexity index is 3720. The SMILES string of the molecule is CC(C)c1cc(C(C)C)c2ccc3c(N(c4ccccc4)c4cccc5c4oc4c(C(C)(C)C)cccc45)cc(N(c4ccccc4)c4cccc5c4oc4c(C(C)(C)C)cccc45)c4ccc1c2c43. The normalized spacial score (nSPS) is 12.7. The Morgan fingerprint density at radius 1 is 0.329 bits per heavy atom. The van der Waals surface area contributed by atoms with Crippen LogP contribution >= 0.6 is 0 Å². The molecule has 12 rings (SSSR count). The zero-order chi connectivity index (χ0) is 48.4. The molecule has 0 radical (unpaired) electrons. The second-order valence-corrected chi connectivity index (χ2v) is 22.1. The second kappa shape index (κ2) is 16.0. The van der Waals surface area contributed by atoms with Crippen LogP contribution in [-0.2, 0) is 10.8 Å². The lowest BCUT2D eigenvalue weighted by atomic mass is 9.83. The van der Waals surface area contributed by atoms with Gasteiger partial charge < -0.3 is 18.6 Å². The molecule has 0 bridgehead atoms. The van der Waals surface area contributed by atoms with Gasteiger partial charge in [0.1, 0.15) is 11.2 Å². The van der Waals surface area contributed by atoms with Gasteiger partial charge >= 0.3 is 0 Å². The first-order chi connectivity index (χ1) is 33.7. The molecule has 2 aromatic heterocycles. The van der Waals surface area contributed by atoms with Crippen LogP contribution in [0.25, 0.3) is 76.2 Å². The molecule has 4 nitrogen and oxygen atoms in total. The van der Waals surface area contributed by atoms with Crippen LogP contribution in [-0.4, -0.2) is 0 Å². The molecular formula is C66H60N2O2. The van der Waals surface area contributed by atoms with Gasteiger partial charge in [-0.2, -0.15) is 0 Å². The predicted octanol–water partition coefficient (Wildman–Crippen LogP) is 20.2. The highest BCUT2D eigenvalue weighted by Gasteiger charge is 2.30. The Balaban J connectivity index is 1.26. The van der Waals surface area contributed by atoms with Gasteiger partial charge in [-0.25, -0.2) is 0 Å². The highest BCUT2D eigenvalue weighted by atomic mass is 16.3. The molecule has 0 fully saturated rings. The average Bonchev–Trinajstić information content (AvgIpc) is 3.93. The van der Waals surface area contributed by atoms with Crippen molar-refractivity contribution in [3.63, 3.8) is 0 Å². The number of hydrogen-bond acceptors (Lipinski definition) is 4. The van der Waals surface area contributed by atoms with Gasteiger partial charge in [0.15, 0.2) is 11.2 Å². The first-order valence-electron chi connectivity index (χ1n) is 25.1. The van der Waals surface area contributed by atoms with Gasteiger partial charge in [0, 0.05) is 60.2 Å². The molecule has 0 aliphatic carbocycles. The van der Waals surface area contributed by atoms with Crippen molar-refractivity contribution in [3.8, 4) is 0 Å². The van der Waals surface area contributed by atoms with Crippen molar-refractivity contribution in [1.29, 1.82) is 0 Å². The molecular weight excluding hydrogens is 853 g/mol. The van der Waals surface area contributed by atoms with Gasteiger partial charge in [-0.15, -0.1) is 0 Å². The highest BCUT2D eigenvalue weighted by molar-refractivity contribution is 6.30. The molecule has 0 atom stereocenters. The Morgan fingerprint density at radius 3 is 1.07 bits per heavy atom. The Labute approximate surface area is 411 Å². The van der Waals surface area contributed by atoms with Gasteiger partial charge in [-0.1, -0.05) is 197 Å². The minimum Gasteiger partial charge on any atom is -0.454 e. The van der Waals surface area contributed by atoms with Crippen LogP contribution < -0.4 is 9.80 Å². The molecule has 0 unspecified atom stereocenters. The summed E-state index contributed by atoms with van der Waals surface area (Å²) in [6.07, 6.45) is 0. The number of furan rings is 2. The van der Waals surface area contributed by atoms with E-state index in [1.54, 1.807) is 0 Å². The van der Waals surface area contributed by atoms with Gasteiger partial charge in [0.05, 0.1) is 22.7 Å². The molecule has 0 N–H and O–H groups in total. The van der Waals surface area contributed by atoms with Crippen molar-refractivity contribution in [1.82, 2.24) is 0 Å². The third-order valence-electron chi connectivity index (χ3n) is 14.8. The number of rotatable bonds is 8. The number of hydrogen-bond donors (Lipinski definition) is 0. The van der Waals surface area contributed by atoms with Gasteiger partial charge in [0.2, 0.25) is 0 Å². The number of fused-ring (bicyclic) bond motifs is 6. The zero-order valence-electron chi connectivity index (χ0n) is 42.0. The minimum absolute atomic E-state index is 0.116. The standard InChI is InChI=1S/C66H60N2O2/c1-39(2)51-37-52(40(3)4)44-34-36-50-58(68(42-23-15-12-16-24-42)56-32-20-28-48-46-26-18-30-54(66(8,9)10)62(46)70-64(48)56)38-57(49-35-33-43(51)59(44)60(49)50)67(41-21-13-11-14-22-41)55-31-19-27-47-45-25-17-29-53(65(5,6)7)61(45)69-63(47)55/h11-40H,1-10H3. The lowest BCUT2D eigenvalue weighted by Crippen LogP contribution is -2.15. The van der Waals surface area contributed by atoms with E-state index in [4.69, 9.17) is 8.83 Å². The molecule has 10 aromatic carbocycles. The summed E-state index contributed by atoms with van der Waals surface area (Å²) in [5.74, 6) is 0.657. The quantitative estimate of drug-likeness (QED) is 0.142.